The average molecular weight is 314 g/mol. The third-order valence-electron chi connectivity index (χ3n) is 2.52. The highest BCUT2D eigenvalue weighted by Gasteiger charge is 2.05. The lowest BCUT2D eigenvalue weighted by atomic mass is 10.2. The van der Waals surface area contributed by atoms with Crippen molar-refractivity contribution >= 4 is 33.0 Å². The van der Waals surface area contributed by atoms with Crippen molar-refractivity contribution in [3.8, 4) is 0 Å². The van der Waals surface area contributed by atoms with Crippen LogP contribution in [0.25, 0.3) is 0 Å². The van der Waals surface area contributed by atoms with Crippen molar-refractivity contribution in [1.29, 1.82) is 0 Å². The van der Waals surface area contributed by atoms with Gasteiger partial charge in [-0.25, -0.2) is 4.39 Å². The van der Waals surface area contributed by atoms with E-state index in [4.69, 9.17) is 0 Å². The van der Waals surface area contributed by atoms with Crippen molar-refractivity contribution in [3.63, 3.8) is 0 Å². The zero-order valence-corrected chi connectivity index (χ0v) is 12.1. The number of rotatable bonds is 3. The largest absolute Gasteiger partial charge is 0.380 e. The van der Waals surface area contributed by atoms with Gasteiger partial charge in [-0.15, -0.1) is 11.3 Å². The molecule has 1 heterocycles. The van der Waals surface area contributed by atoms with Gasteiger partial charge < -0.3 is 5.32 Å². The molecule has 2 rings (SSSR count). The highest BCUT2D eigenvalue weighted by atomic mass is 79.9. The molecule has 0 unspecified atom stereocenters. The van der Waals surface area contributed by atoms with Gasteiger partial charge in [0.05, 0.1) is 4.47 Å². The second-order valence-electron chi connectivity index (χ2n) is 3.95. The number of thiophene rings is 1. The molecule has 1 aromatic carbocycles. The number of aryl methyl sites for hydroxylation is 2. The molecule has 0 aliphatic heterocycles. The third-order valence-corrected chi connectivity index (χ3v) is 4.12. The first-order valence-corrected chi connectivity index (χ1v) is 6.92. The molecule has 0 aliphatic carbocycles. The summed E-state index contributed by atoms with van der Waals surface area (Å²) in [5.41, 5.74) is 1.88. The van der Waals surface area contributed by atoms with Gasteiger partial charge in [0.15, 0.2) is 0 Å². The Hall–Kier alpha value is -0.870. The molecule has 1 N–H and O–H groups in total. The summed E-state index contributed by atoms with van der Waals surface area (Å²) in [6, 6.07) is 7.51. The predicted molar refractivity (Wildman–Crippen MR) is 75.2 cm³/mol. The monoisotopic (exact) mass is 313 g/mol. The van der Waals surface area contributed by atoms with Gasteiger partial charge >= 0.3 is 0 Å². The maximum atomic E-state index is 13.4. The zero-order chi connectivity index (χ0) is 12.4. The number of hydrogen-bond donors (Lipinski definition) is 1. The van der Waals surface area contributed by atoms with Gasteiger partial charge in [0.2, 0.25) is 0 Å². The van der Waals surface area contributed by atoms with Crippen LogP contribution in [0.1, 0.15) is 15.3 Å². The fourth-order valence-electron chi connectivity index (χ4n) is 1.60. The molecule has 2 aromatic rings. The molecule has 4 heteroatoms. The molecule has 0 bridgehead atoms. The summed E-state index contributed by atoms with van der Waals surface area (Å²) in [6.07, 6.45) is 0. The van der Waals surface area contributed by atoms with E-state index in [0.717, 1.165) is 17.8 Å². The molecule has 0 spiro atoms. The summed E-state index contributed by atoms with van der Waals surface area (Å²) in [5, 5.41) is 3.26. The van der Waals surface area contributed by atoms with Gasteiger partial charge in [-0.05, 0) is 59.6 Å². The quantitative estimate of drug-likeness (QED) is 0.851. The Morgan fingerprint density at radius 3 is 2.71 bits per heavy atom. The lowest BCUT2D eigenvalue weighted by Gasteiger charge is -2.09. The lowest BCUT2D eigenvalue weighted by molar-refractivity contribution is 0.621. The van der Waals surface area contributed by atoms with E-state index in [9.17, 15) is 4.39 Å². The van der Waals surface area contributed by atoms with Gasteiger partial charge in [0.25, 0.3) is 0 Å². The Balaban J connectivity index is 2.11. The second-order valence-corrected chi connectivity index (χ2v) is 6.17. The standard InChI is InChI=1S/C13H13BrFNS/c1-8-5-11(14)12(15)6-13(8)16-7-10-4-3-9(2)17-10/h3-6,16H,7H2,1-2H3. The first-order chi connectivity index (χ1) is 8.06. The molecule has 0 fully saturated rings. The highest BCUT2D eigenvalue weighted by Crippen LogP contribution is 2.25. The third kappa shape index (κ3) is 3.07. The van der Waals surface area contributed by atoms with Crippen LogP contribution in [0.3, 0.4) is 0 Å². The number of anilines is 1. The van der Waals surface area contributed by atoms with Crippen LogP contribution in [-0.2, 0) is 6.54 Å². The van der Waals surface area contributed by atoms with Crippen LogP contribution in [0.4, 0.5) is 10.1 Å². The maximum absolute atomic E-state index is 13.4. The summed E-state index contributed by atoms with van der Waals surface area (Å²) in [6.45, 7) is 4.78. The second kappa shape index (κ2) is 5.19. The maximum Gasteiger partial charge on any atom is 0.139 e. The van der Waals surface area contributed by atoms with Crippen molar-refractivity contribution < 1.29 is 4.39 Å². The minimum absolute atomic E-state index is 0.236. The fourth-order valence-corrected chi connectivity index (χ4v) is 2.89. The topological polar surface area (TPSA) is 12.0 Å². The lowest BCUT2D eigenvalue weighted by Crippen LogP contribution is -2.00. The van der Waals surface area contributed by atoms with Crippen molar-refractivity contribution in [2.24, 2.45) is 0 Å². The molecule has 17 heavy (non-hydrogen) atoms. The van der Waals surface area contributed by atoms with Crippen LogP contribution in [0, 0.1) is 19.7 Å². The summed E-state index contributed by atoms with van der Waals surface area (Å²) in [4.78, 5) is 2.55. The van der Waals surface area contributed by atoms with Crippen LogP contribution >= 0.6 is 27.3 Å². The van der Waals surface area contributed by atoms with Crippen LogP contribution < -0.4 is 5.32 Å². The Bertz CT molecular complexity index is 536. The van der Waals surface area contributed by atoms with Crippen molar-refractivity contribution in [1.82, 2.24) is 0 Å². The molecule has 90 valence electrons. The molecular formula is C13H13BrFNS. The van der Waals surface area contributed by atoms with Gasteiger partial charge in [-0.1, -0.05) is 0 Å². The Morgan fingerprint density at radius 2 is 2.06 bits per heavy atom. The highest BCUT2D eigenvalue weighted by molar-refractivity contribution is 9.10. The number of benzene rings is 1. The fraction of sp³-hybridized carbons (Fsp3) is 0.231. The molecule has 0 amide bonds. The minimum atomic E-state index is -0.236. The average Bonchev–Trinajstić information content (AvgIpc) is 2.68. The number of hydrogen-bond acceptors (Lipinski definition) is 2. The van der Waals surface area contributed by atoms with E-state index in [2.05, 4.69) is 40.3 Å². The summed E-state index contributed by atoms with van der Waals surface area (Å²) < 4.78 is 13.9. The molecule has 0 saturated heterocycles. The van der Waals surface area contributed by atoms with Crippen molar-refractivity contribution in [2.75, 3.05) is 5.32 Å². The van der Waals surface area contributed by atoms with E-state index in [1.165, 1.54) is 15.8 Å². The minimum Gasteiger partial charge on any atom is -0.380 e. The van der Waals surface area contributed by atoms with Gasteiger partial charge in [-0.2, -0.15) is 0 Å². The predicted octanol–water partition coefficient (Wildman–Crippen LogP) is 4.88. The van der Waals surface area contributed by atoms with E-state index in [1.807, 2.05) is 6.92 Å². The molecule has 1 aromatic heterocycles. The smallest absolute Gasteiger partial charge is 0.139 e. The van der Waals surface area contributed by atoms with Crippen molar-refractivity contribution in [2.45, 2.75) is 20.4 Å². The van der Waals surface area contributed by atoms with Gasteiger partial charge in [-0.3, -0.25) is 0 Å². The summed E-state index contributed by atoms with van der Waals surface area (Å²) in [7, 11) is 0. The molecule has 0 aliphatic rings. The normalized spacial score (nSPS) is 10.6. The SMILES string of the molecule is Cc1ccc(CNc2cc(F)c(Br)cc2C)s1. The molecule has 1 nitrogen and oxygen atoms in total. The van der Waals surface area contributed by atoms with Crippen LogP contribution in [-0.4, -0.2) is 0 Å². The van der Waals surface area contributed by atoms with Crippen LogP contribution in [0.15, 0.2) is 28.7 Å². The molecular weight excluding hydrogens is 301 g/mol. The Kier molecular flexibility index (Phi) is 3.84. The van der Waals surface area contributed by atoms with E-state index in [0.29, 0.717) is 4.47 Å². The van der Waals surface area contributed by atoms with E-state index in [-0.39, 0.29) is 5.82 Å². The Labute approximate surface area is 113 Å². The van der Waals surface area contributed by atoms with Crippen molar-refractivity contribution in [3.05, 3.63) is 49.9 Å². The van der Waals surface area contributed by atoms with Crippen LogP contribution in [0.5, 0.6) is 0 Å². The van der Waals surface area contributed by atoms with E-state index < -0.39 is 0 Å². The number of halogens is 2. The zero-order valence-electron chi connectivity index (χ0n) is 9.68. The Morgan fingerprint density at radius 1 is 1.29 bits per heavy atom. The molecule has 0 saturated carbocycles. The first-order valence-electron chi connectivity index (χ1n) is 5.31. The number of nitrogens with one attached hydrogen (secondary N) is 1. The molecule has 0 radical (unpaired) electrons. The first kappa shape index (κ1) is 12.6. The summed E-state index contributed by atoms with van der Waals surface area (Å²) in [5.74, 6) is -0.236. The van der Waals surface area contributed by atoms with Crippen LogP contribution in [0.2, 0.25) is 0 Å². The van der Waals surface area contributed by atoms with E-state index in [1.54, 1.807) is 17.4 Å². The van der Waals surface area contributed by atoms with Gasteiger partial charge in [0, 0.05) is 22.0 Å². The summed E-state index contributed by atoms with van der Waals surface area (Å²) >= 11 is 4.93. The molecule has 0 atom stereocenters. The van der Waals surface area contributed by atoms with E-state index >= 15 is 0 Å². The van der Waals surface area contributed by atoms with Gasteiger partial charge in [0.1, 0.15) is 5.82 Å².